The lowest BCUT2D eigenvalue weighted by Crippen LogP contribution is -2.45. The Hall–Kier alpha value is -6.37. The fourth-order valence-electron chi connectivity index (χ4n) is 11.2. The zero-order chi connectivity index (χ0) is 48.1. The van der Waals surface area contributed by atoms with Gasteiger partial charge in [0.25, 0.3) is 0 Å². The SMILES string of the molecule is CC(C)C12CP(c3ccccc3)(c3ccccc3)=Nc3cccc(c3)CN(Cc3cccc(c3)N=P(c3ccccc3)(c3ccccc3)C1)Cc1cccc(c1)N=P(c1ccccc1)(c1ccccc1)C2. The molecule has 0 fully saturated rings. The second-order valence-electron chi connectivity index (χ2n) is 19.8. The number of hydrogen-bond donors (Lipinski definition) is 0. The third kappa shape index (κ3) is 9.60. The van der Waals surface area contributed by atoms with Gasteiger partial charge >= 0.3 is 0 Å². The van der Waals surface area contributed by atoms with Gasteiger partial charge in [0.15, 0.2) is 0 Å². The van der Waals surface area contributed by atoms with E-state index in [9.17, 15) is 0 Å². The lowest BCUT2D eigenvalue weighted by Gasteiger charge is -2.49. The van der Waals surface area contributed by atoms with Crippen LogP contribution in [0.1, 0.15) is 30.5 Å². The molecular weight excluding hydrogens is 918 g/mol. The highest BCUT2D eigenvalue weighted by molar-refractivity contribution is 7.83. The minimum absolute atomic E-state index is 0.142. The largest absolute Gasteiger partial charge is 0.291 e. The van der Waals surface area contributed by atoms with Gasteiger partial charge in [-0.25, -0.2) is 0 Å². The molecule has 3 heterocycles. The highest BCUT2D eigenvalue weighted by Gasteiger charge is 2.49. The van der Waals surface area contributed by atoms with Crippen LogP contribution in [0.5, 0.6) is 0 Å². The number of hydrogen-bond acceptors (Lipinski definition) is 4. The molecule has 0 aliphatic carbocycles. The summed E-state index contributed by atoms with van der Waals surface area (Å²) in [7, 11) is -8.30. The maximum absolute atomic E-state index is 6.39. The number of nitrogens with zero attached hydrogens (tertiary/aromatic N) is 4. The second-order valence-corrected chi connectivity index (χ2v) is 29.0. The normalized spacial score (nSPS) is 19.2. The molecule has 0 saturated carbocycles. The molecule has 3 aliphatic rings. The average Bonchev–Trinajstić information content (AvgIpc) is 3.41. The van der Waals surface area contributed by atoms with E-state index in [1.165, 1.54) is 48.5 Å². The summed E-state index contributed by atoms with van der Waals surface area (Å²) in [5.41, 5.74) is 6.36. The predicted molar refractivity (Wildman–Crippen MR) is 308 cm³/mol. The van der Waals surface area contributed by atoms with Crippen molar-refractivity contribution >= 4 is 70.1 Å². The van der Waals surface area contributed by atoms with Gasteiger partial charge in [-0.3, -0.25) is 19.1 Å². The standard InChI is InChI=1S/C64H61N4P3/c1-51(2)64-48-69(58-30-9-3-10-31-58,59-32-11-4-12-33-59)65-55-27-21-24-52(42-55)45-68(46-53-25-22-28-56(43-53)66-70(49-64,60-34-13-5-14-35-60)61-36-15-6-16-37-61)47-54-26-23-29-57(44-54)67-71(50-64,62-38-17-7-18-39-62)63-40-19-8-20-41-63/h3-44,51H,45-50H2,1-2H3. The molecule has 0 unspecified atom stereocenters. The molecule has 12 rings (SSSR count). The van der Waals surface area contributed by atoms with Crippen LogP contribution in [-0.2, 0) is 19.6 Å². The van der Waals surface area contributed by atoms with E-state index < -0.39 is 26.6 Å². The molecule has 0 amide bonds. The van der Waals surface area contributed by atoms with Gasteiger partial charge in [0.2, 0.25) is 0 Å². The predicted octanol–water partition coefficient (Wildman–Crippen LogP) is 15.0. The summed E-state index contributed by atoms with van der Waals surface area (Å²) in [6.45, 7) is 7.26. The van der Waals surface area contributed by atoms with Crippen LogP contribution in [0.2, 0.25) is 0 Å². The summed E-state index contributed by atoms with van der Waals surface area (Å²) in [4.78, 5) is 2.59. The van der Waals surface area contributed by atoms with Crippen molar-refractivity contribution in [2.24, 2.45) is 25.6 Å². The van der Waals surface area contributed by atoms with E-state index in [-0.39, 0.29) is 5.92 Å². The van der Waals surface area contributed by atoms with Gasteiger partial charge in [-0.2, -0.15) is 0 Å². The van der Waals surface area contributed by atoms with Crippen molar-refractivity contribution in [3.8, 4) is 0 Å². The van der Waals surface area contributed by atoms with E-state index >= 15 is 0 Å². The Labute approximate surface area is 421 Å². The minimum atomic E-state index is -2.77. The first-order valence-corrected chi connectivity index (χ1v) is 30.8. The van der Waals surface area contributed by atoms with Crippen LogP contribution in [-0.4, -0.2) is 23.4 Å². The third-order valence-electron chi connectivity index (χ3n) is 14.8. The van der Waals surface area contributed by atoms with E-state index in [4.69, 9.17) is 14.2 Å². The van der Waals surface area contributed by atoms with Gasteiger partial charge in [-0.05, 0) is 115 Å². The smallest absolute Gasteiger partial charge is 0.0624 e. The quantitative estimate of drug-likeness (QED) is 0.147. The number of fused-ring (bicyclic) bond motifs is 3. The molecular formula is C64H61N4P3. The zero-order valence-electron chi connectivity index (χ0n) is 40.7. The molecule has 0 N–H and O–H groups in total. The summed E-state index contributed by atoms with van der Waals surface area (Å²) in [5.74, 6) is 0.142. The Bertz CT molecular complexity index is 2940. The Morgan fingerprint density at radius 1 is 0.324 bits per heavy atom. The van der Waals surface area contributed by atoms with Crippen molar-refractivity contribution in [1.29, 1.82) is 0 Å². The molecule has 9 aromatic rings. The summed E-state index contributed by atoms with van der Waals surface area (Å²) in [5, 5.41) is 7.70. The highest BCUT2D eigenvalue weighted by atomic mass is 31.2. The Balaban J connectivity index is 1.38. The lowest BCUT2D eigenvalue weighted by atomic mass is 9.82. The molecule has 3 aliphatic heterocycles. The fraction of sp³-hybridized carbons (Fsp3) is 0.156. The summed E-state index contributed by atoms with van der Waals surface area (Å²) >= 11 is 0. The van der Waals surface area contributed by atoms with Crippen LogP contribution < -0.4 is 31.8 Å². The molecule has 0 radical (unpaired) electrons. The molecule has 7 heteroatoms. The van der Waals surface area contributed by atoms with Gasteiger partial charge in [-0.1, -0.05) is 232 Å². The monoisotopic (exact) mass is 978 g/mol. The molecule has 9 aromatic carbocycles. The fourth-order valence-corrected chi connectivity index (χ4v) is 24.7. The van der Waals surface area contributed by atoms with Crippen LogP contribution in [0.3, 0.4) is 0 Å². The van der Waals surface area contributed by atoms with Crippen molar-refractivity contribution < 1.29 is 0 Å². The van der Waals surface area contributed by atoms with Crippen molar-refractivity contribution in [2.45, 2.75) is 33.5 Å². The molecule has 8 bridgehead atoms. The third-order valence-corrected chi connectivity index (χ3v) is 26.7. The van der Waals surface area contributed by atoms with Crippen molar-refractivity contribution in [3.63, 3.8) is 0 Å². The topological polar surface area (TPSA) is 40.3 Å². The van der Waals surface area contributed by atoms with E-state index in [0.717, 1.165) is 55.2 Å². The lowest BCUT2D eigenvalue weighted by molar-refractivity contribution is 0.248. The van der Waals surface area contributed by atoms with Crippen LogP contribution in [0.15, 0.2) is 269 Å². The first-order chi connectivity index (χ1) is 34.8. The Morgan fingerprint density at radius 3 is 0.789 bits per heavy atom. The maximum atomic E-state index is 6.39. The summed E-state index contributed by atoms with van der Waals surface area (Å²) in [6.07, 6.45) is 2.40. The molecule has 0 spiro atoms. The van der Waals surface area contributed by atoms with Gasteiger partial charge < -0.3 is 0 Å². The maximum Gasteiger partial charge on any atom is 0.0624 e. The summed E-state index contributed by atoms with van der Waals surface area (Å²) < 4.78 is 19.2. The second kappa shape index (κ2) is 20.4. The number of benzene rings is 9. The Morgan fingerprint density at radius 2 is 0.563 bits per heavy atom. The van der Waals surface area contributed by atoms with E-state index in [0.29, 0.717) is 0 Å². The first kappa shape index (κ1) is 47.0. The highest BCUT2D eigenvalue weighted by Crippen LogP contribution is 2.66. The molecule has 71 heavy (non-hydrogen) atoms. The van der Waals surface area contributed by atoms with Crippen molar-refractivity contribution in [3.05, 3.63) is 271 Å². The average molecular weight is 979 g/mol. The van der Waals surface area contributed by atoms with Gasteiger partial charge in [0.1, 0.15) is 0 Å². The Kier molecular flexibility index (Phi) is 13.5. The van der Waals surface area contributed by atoms with Crippen molar-refractivity contribution in [2.75, 3.05) is 18.5 Å². The van der Waals surface area contributed by atoms with Crippen LogP contribution in [0.25, 0.3) is 0 Å². The van der Waals surface area contributed by atoms with Crippen molar-refractivity contribution in [1.82, 2.24) is 4.90 Å². The van der Waals surface area contributed by atoms with Gasteiger partial charge in [0.05, 0.1) is 17.1 Å². The van der Waals surface area contributed by atoms with Crippen LogP contribution in [0.4, 0.5) is 17.1 Å². The molecule has 0 saturated heterocycles. The zero-order valence-corrected chi connectivity index (χ0v) is 43.4. The van der Waals surface area contributed by atoms with Gasteiger partial charge in [-0.15, -0.1) is 0 Å². The molecule has 4 nitrogen and oxygen atoms in total. The van der Waals surface area contributed by atoms with Gasteiger partial charge in [0, 0.05) is 40.8 Å². The molecule has 0 atom stereocenters. The van der Waals surface area contributed by atoms with E-state index in [2.05, 4.69) is 274 Å². The summed E-state index contributed by atoms with van der Waals surface area (Å²) in [6, 6.07) is 95.7. The number of rotatable bonds is 7. The van der Waals surface area contributed by atoms with E-state index in [1.807, 2.05) is 0 Å². The van der Waals surface area contributed by atoms with E-state index in [1.54, 1.807) is 0 Å². The molecule has 0 aromatic heterocycles. The molecule has 352 valence electrons. The first-order valence-electron chi connectivity index (χ1n) is 25.0. The van der Waals surface area contributed by atoms with Crippen LogP contribution >= 0.6 is 21.2 Å². The minimum Gasteiger partial charge on any atom is -0.291 e. The van der Waals surface area contributed by atoms with Crippen LogP contribution in [0, 0.1) is 11.3 Å².